The predicted molar refractivity (Wildman–Crippen MR) is 69.4 cm³/mol. The van der Waals surface area contributed by atoms with Crippen molar-refractivity contribution in [2.75, 3.05) is 11.1 Å². The number of anilines is 3. The molecule has 2 aromatic rings. The first kappa shape index (κ1) is 11.8. The number of aryl methyl sites for hydroxylation is 1. The fourth-order valence-corrected chi connectivity index (χ4v) is 1.52. The van der Waals surface area contributed by atoms with Gasteiger partial charge in [0, 0.05) is 23.0 Å². The van der Waals surface area contributed by atoms with Crippen LogP contribution in [0.2, 0.25) is 0 Å². The molecule has 0 saturated carbocycles. The van der Waals surface area contributed by atoms with Gasteiger partial charge in [0.2, 0.25) is 11.9 Å². The first-order valence-corrected chi connectivity index (χ1v) is 5.32. The minimum atomic E-state index is -0.455. The minimum absolute atomic E-state index is 0.214. The molecule has 6 heteroatoms. The highest BCUT2D eigenvalue weighted by Gasteiger charge is 2.02. The normalized spacial score (nSPS) is 10.1. The molecule has 0 aliphatic rings. The molecule has 1 amide bonds. The number of primary amides is 1. The molecule has 6 nitrogen and oxygen atoms in total. The fourth-order valence-electron chi connectivity index (χ4n) is 1.52. The average Bonchev–Trinajstić information content (AvgIpc) is 2.28. The van der Waals surface area contributed by atoms with Gasteiger partial charge in [-0.3, -0.25) is 4.79 Å². The first-order chi connectivity index (χ1) is 8.54. The fraction of sp³-hybridized carbons (Fsp3) is 0.0833. The number of nitrogens with two attached hydrogens (primary N) is 2. The zero-order chi connectivity index (χ0) is 13.1. The highest BCUT2D eigenvalue weighted by Crippen LogP contribution is 2.16. The third-order valence-electron chi connectivity index (χ3n) is 2.31. The Labute approximate surface area is 104 Å². The number of nitrogens with one attached hydrogen (secondary N) is 1. The third kappa shape index (κ3) is 2.73. The van der Waals surface area contributed by atoms with Gasteiger partial charge in [0.25, 0.3) is 0 Å². The molecule has 0 atom stereocenters. The molecule has 0 radical (unpaired) electrons. The van der Waals surface area contributed by atoms with Gasteiger partial charge in [-0.25, -0.2) is 4.98 Å². The van der Waals surface area contributed by atoms with Crippen molar-refractivity contribution in [3.63, 3.8) is 0 Å². The van der Waals surface area contributed by atoms with Gasteiger partial charge >= 0.3 is 0 Å². The summed E-state index contributed by atoms with van der Waals surface area (Å²) in [7, 11) is 0. The third-order valence-corrected chi connectivity index (χ3v) is 2.31. The molecular formula is C12H13N5O. The lowest BCUT2D eigenvalue weighted by molar-refractivity contribution is 0.100. The molecule has 0 fully saturated rings. The van der Waals surface area contributed by atoms with Gasteiger partial charge in [-0.2, -0.15) is 4.98 Å². The maximum atomic E-state index is 10.9. The number of hydrogen-bond acceptors (Lipinski definition) is 5. The Balaban J connectivity index is 2.20. The number of nitrogen functional groups attached to an aromatic ring is 1. The van der Waals surface area contributed by atoms with Crippen molar-refractivity contribution in [3.8, 4) is 0 Å². The Morgan fingerprint density at radius 3 is 2.44 bits per heavy atom. The Morgan fingerprint density at radius 1 is 1.22 bits per heavy atom. The molecule has 0 saturated heterocycles. The van der Waals surface area contributed by atoms with Gasteiger partial charge in [-0.1, -0.05) is 0 Å². The number of hydrogen-bond donors (Lipinski definition) is 3. The van der Waals surface area contributed by atoms with Crippen LogP contribution in [0.25, 0.3) is 0 Å². The standard InChI is InChI=1S/C12H13N5O/c1-7-6-10(17-12(14)15-7)16-9-4-2-8(3-5-9)11(13)18/h2-6H,1H3,(H2,13,18)(H3,14,15,16,17). The molecule has 0 bridgehead atoms. The molecule has 1 aromatic carbocycles. The van der Waals surface area contributed by atoms with E-state index in [1.165, 1.54) is 0 Å². The van der Waals surface area contributed by atoms with Crippen molar-refractivity contribution in [1.82, 2.24) is 9.97 Å². The highest BCUT2D eigenvalue weighted by atomic mass is 16.1. The monoisotopic (exact) mass is 243 g/mol. The van der Waals surface area contributed by atoms with Crippen LogP contribution in [0.5, 0.6) is 0 Å². The lowest BCUT2D eigenvalue weighted by Gasteiger charge is -2.07. The lowest BCUT2D eigenvalue weighted by Crippen LogP contribution is -2.10. The summed E-state index contributed by atoms with van der Waals surface area (Å²) in [5.74, 6) is 0.363. The molecule has 1 aromatic heterocycles. The largest absolute Gasteiger partial charge is 0.368 e. The van der Waals surface area contributed by atoms with Crippen LogP contribution in [-0.4, -0.2) is 15.9 Å². The van der Waals surface area contributed by atoms with Gasteiger partial charge < -0.3 is 16.8 Å². The van der Waals surface area contributed by atoms with Crippen LogP contribution in [0.4, 0.5) is 17.5 Å². The van der Waals surface area contributed by atoms with Crippen molar-refractivity contribution < 1.29 is 4.79 Å². The van der Waals surface area contributed by atoms with Crippen LogP contribution in [-0.2, 0) is 0 Å². The number of benzene rings is 1. The Morgan fingerprint density at radius 2 is 1.89 bits per heavy atom. The van der Waals surface area contributed by atoms with Crippen LogP contribution >= 0.6 is 0 Å². The summed E-state index contributed by atoms with van der Waals surface area (Å²) < 4.78 is 0. The smallest absolute Gasteiger partial charge is 0.248 e. The first-order valence-electron chi connectivity index (χ1n) is 5.32. The average molecular weight is 243 g/mol. The van der Waals surface area contributed by atoms with E-state index in [1.54, 1.807) is 30.3 Å². The molecule has 0 unspecified atom stereocenters. The van der Waals surface area contributed by atoms with Gasteiger partial charge in [0.15, 0.2) is 0 Å². The zero-order valence-electron chi connectivity index (χ0n) is 9.84. The van der Waals surface area contributed by atoms with Crippen molar-refractivity contribution in [1.29, 1.82) is 0 Å². The molecule has 0 spiro atoms. The summed E-state index contributed by atoms with van der Waals surface area (Å²) in [6.07, 6.45) is 0. The zero-order valence-corrected chi connectivity index (χ0v) is 9.84. The molecule has 18 heavy (non-hydrogen) atoms. The van der Waals surface area contributed by atoms with Gasteiger partial charge in [-0.15, -0.1) is 0 Å². The molecule has 5 N–H and O–H groups in total. The second-order valence-electron chi connectivity index (χ2n) is 3.82. The van der Waals surface area contributed by atoms with Gasteiger partial charge in [0.1, 0.15) is 5.82 Å². The maximum absolute atomic E-state index is 10.9. The summed E-state index contributed by atoms with van der Waals surface area (Å²) in [6, 6.07) is 8.55. The van der Waals surface area contributed by atoms with Crippen LogP contribution in [0.3, 0.4) is 0 Å². The predicted octanol–water partition coefficient (Wildman–Crippen LogP) is 1.21. The minimum Gasteiger partial charge on any atom is -0.368 e. The Bertz CT molecular complexity index is 559. The van der Waals surface area contributed by atoms with E-state index in [1.807, 2.05) is 6.92 Å². The second kappa shape index (κ2) is 4.70. The van der Waals surface area contributed by atoms with E-state index in [9.17, 15) is 4.79 Å². The number of aromatic nitrogens is 2. The molecule has 1 heterocycles. The van der Waals surface area contributed by atoms with Crippen LogP contribution in [0.1, 0.15) is 16.1 Å². The van der Waals surface area contributed by atoms with Crippen molar-refractivity contribution in [3.05, 3.63) is 41.6 Å². The van der Waals surface area contributed by atoms with Gasteiger partial charge in [-0.05, 0) is 31.2 Å². The summed E-state index contributed by atoms with van der Waals surface area (Å²) in [5, 5.41) is 3.07. The second-order valence-corrected chi connectivity index (χ2v) is 3.82. The van der Waals surface area contributed by atoms with Crippen LogP contribution in [0, 0.1) is 6.92 Å². The summed E-state index contributed by atoms with van der Waals surface area (Å²) >= 11 is 0. The Hall–Kier alpha value is -2.63. The van der Waals surface area contributed by atoms with E-state index in [-0.39, 0.29) is 5.95 Å². The molecule has 2 rings (SSSR count). The van der Waals surface area contributed by atoms with E-state index < -0.39 is 5.91 Å². The van der Waals surface area contributed by atoms with Crippen molar-refractivity contribution in [2.45, 2.75) is 6.92 Å². The van der Waals surface area contributed by atoms with Crippen molar-refractivity contribution >= 4 is 23.4 Å². The number of carbonyl (C=O) groups excluding carboxylic acids is 1. The lowest BCUT2D eigenvalue weighted by atomic mass is 10.2. The van der Waals surface area contributed by atoms with E-state index >= 15 is 0 Å². The topological polar surface area (TPSA) is 107 Å². The molecule has 0 aliphatic carbocycles. The van der Waals surface area contributed by atoms with E-state index in [0.29, 0.717) is 11.4 Å². The summed E-state index contributed by atoms with van der Waals surface area (Å²) in [4.78, 5) is 19.0. The van der Waals surface area contributed by atoms with E-state index in [4.69, 9.17) is 11.5 Å². The number of carbonyl (C=O) groups is 1. The molecule has 92 valence electrons. The summed E-state index contributed by atoms with van der Waals surface area (Å²) in [6.45, 7) is 1.83. The maximum Gasteiger partial charge on any atom is 0.248 e. The van der Waals surface area contributed by atoms with Gasteiger partial charge in [0.05, 0.1) is 0 Å². The Kier molecular flexibility index (Phi) is 3.09. The number of amides is 1. The van der Waals surface area contributed by atoms with Crippen molar-refractivity contribution in [2.24, 2.45) is 5.73 Å². The van der Waals surface area contributed by atoms with Crippen LogP contribution < -0.4 is 16.8 Å². The van der Waals surface area contributed by atoms with E-state index in [0.717, 1.165) is 11.4 Å². The number of nitrogens with zero attached hydrogens (tertiary/aromatic N) is 2. The van der Waals surface area contributed by atoms with E-state index in [2.05, 4.69) is 15.3 Å². The van der Waals surface area contributed by atoms with Crippen LogP contribution in [0.15, 0.2) is 30.3 Å². The highest BCUT2D eigenvalue weighted by molar-refractivity contribution is 5.93. The SMILES string of the molecule is Cc1cc(Nc2ccc(C(N)=O)cc2)nc(N)n1. The quantitative estimate of drug-likeness (QED) is 0.751. The molecule has 0 aliphatic heterocycles. The molecular weight excluding hydrogens is 230 g/mol. The summed E-state index contributed by atoms with van der Waals surface area (Å²) in [5.41, 5.74) is 12.7. The number of rotatable bonds is 3.